The van der Waals surface area contributed by atoms with Crippen LogP contribution in [0.2, 0.25) is 0 Å². The molecule has 170 valence electrons. The molecule has 0 unspecified atom stereocenters. The summed E-state index contributed by atoms with van der Waals surface area (Å²) in [4.78, 5) is 41.7. The zero-order chi connectivity index (χ0) is 23.1. The lowest BCUT2D eigenvalue weighted by Gasteiger charge is -2.27. The highest BCUT2D eigenvalue weighted by Gasteiger charge is 2.61. The van der Waals surface area contributed by atoms with Gasteiger partial charge >= 0.3 is 0 Å². The molecule has 0 aromatic heterocycles. The van der Waals surface area contributed by atoms with Gasteiger partial charge in [0.2, 0.25) is 17.7 Å². The van der Waals surface area contributed by atoms with Crippen LogP contribution in [0, 0.1) is 23.7 Å². The van der Waals surface area contributed by atoms with Crippen molar-refractivity contribution in [2.45, 2.75) is 18.9 Å². The maximum atomic E-state index is 13.6. The zero-order valence-corrected chi connectivity index (χ0v) is 18.6. The van der Waals surface area contributed by atoms with Crippen LogP contribution in [-0.4, -0.2) is 42.9 Å². The van der Waals surface area contributed by atoms with Gasteiger partial charge in [0.15, 0.2) is 0 Å². The maximum Gasteiger partial charge on any atom is 0.248 e. The van der Waals surface area contributed by atoms with Gasteiger partial charge in [0.05, 0.1) is 31.7 Å². The van der Waals surface area contributed by atoms with Crippen LogP contribution in [0.15, 0.2) is 60.7 Å². The summed E-state index contributed by atoms with van der Waals surface area (Å²) in [6.45, 7) is 0. The lowest BCUT2D eigenvalue weighted by Crippen LogP contribution is -2.49. The molecule has 1 saturated heterocycles. The Labute approximate surface area is 192 Å². The quantitative estimate of drug-likeness (QED) is 0.522. The van der Waals surface area contributed by atoms with E-state index in [1.54, 1.807) is 18.2 Å². The third-order valence-corrected chi connectivity index (χ3v) is 7.06. The number of imide groups is 1. The number of fused-ring (bicyclic) bond motifs is 5. The van der Waals surface area contributed by atoms with Crippen molar-refractivity contribution in [1.29, 1.82) is 0 Å². The molecular weight excluding hydrogens is 420 g/mol. The monoisotopic (exact) mass is 446 g/mol. The molecule has 1 saturated carbocycles. The number of anilines is 1. The highest BCUT2D eigenvalue weighted by atomic mass is 16.5. The molecule has 7 heteroatoms. The van der Waals surface area contributed by atoms with Crippen LogP contribution in [-0.2, 0) is 20.8 Å². The maximum absolute atomic E-state index is 13.6. The summed E-state index contributed by atoms with van der Waals surface area (Å²) < 4.78 is 10.7. The minimum absolute atomic E-state index is 0.0837. The average molecular weight is 447 g/mol. The molecular formula is C26H26N2O5. The van der Waals surface area contributed by atoms with Gasteiger partial charge in [0.25, 0.3) is 0 Å². The fourth-order valence-electron chi connectivity index (χ4n) is 5.50. The normalized spacial score (nSPS) is 25.8. The molecule has 2 fully saturated rings. The van der Waals surface area contributed by atoms with Crippen LogP contribution in [0.1, 0.15) is 12.0 Å². The Morgan fingerprint density at radius 2 is 1.67 bits per heavy atom. The molecule has 7 nitrogen and oxygen atoms in total. The highest BCUT2D eigenvalue weighted by Crippen LogP contribution is 2.53. The summed E-state index contributed by atoms with van der Waals surface area (Å²) in [7, 11) is 3.05. The van der Waals surface area contributed by atoms with Gasteiger partial charge in [0, 0.05) is 12.5 Å². The van der Waals surface area contributed by atoms with E-state index in [0.29, 0.717) is 17.2 Å². The van der Waals surface area contributed by atoms with E-state index >= 15 is 0 Å². The van der Waals surface area contributed by atoms with Crippen molar-refractivity contribution in [2.75, 3.05) is 19.5 Å². The van der Waals surface area contributed by atoms with Crippen molar-refractivity contribution in [2.24, 2.45) is 23.7 Å². The van der Waals surface area contributed by atoms with Crippen molar-refractivity contribution in [1.82, 2.24) is 4.90 Å². The van der Waals surface area contributed by atoms with Gasteiger partial charge in [0.1, 0.15) is 17.5 Å². The number of likely N-dealkylation sites (tertiary alicyclic amines) is 1. The van der Waals surface area contributed by atoms with Gasteiger partial charge in [-0.25, -0.2) is 0 Å². The molecule has 2 bridgehead atoms. The second kappa shape index (κ2) is 8.39. The summed E-state index contributed by atoms with van der Waals surface area (Å²) in [5.74, 6) is -0.453. The van der Waals surface area contributed by atoms with Crippen molar-refractivity contribution in [3.63, 3.8) is 0 Å². The smallest absolute Gasteiger partial charge is 0.248 e. The lowest BCUT2D eigenvalue weighted by molar-refractivity contribution is -0.147. The number of rotatable bonds is 7. The Bertz CT molecular complexity index is 1100. The number of hydrogen-bond donors (Lipinski definition) is 1. The summed E-state index contributed by atoms with van der Waals surface area (Å²) in [6, 6.07) is 13.5. The number of hydrogen-bond acceptors (Lipinski definition) is 5. The Balaban J connectivity index is 1.47. The lowest BCUT2D eigenvalue weighted by atomic mass is 9.85. The molecule has 2 aromatic rings. The number of methoxy groups -OCH3 is 2. The van der Waals surface area contributed by atoms with Gasteiger partial charge in [-0.1, -0.05) is 42.5 Å². The van der Waals surface area contributed by atoms with Gasteiger partial charge in [-0.15, -0.1) is 0 Å². The average Bonchev–Trinajstić information content (AvgIpc) is 3.52. The van der Waals surface area contributed by atoms with E-state index in [1.165, 1.54) is 19.1 Å². The number of amides is 3. The third-order valence-electron chi connectivity index (χ3n) is 7.06. The molecule has 5 atom stereocenters. The number of benzene rings is 2. The predicted octanol–water partition coefficient (Wildman–Crippen LogP) is 3.06. The van der Waals surface area contributed by atoms with Gasteiger partial charge in [-0.2, -0.15) is 0 Å². The predicted molar refractivity (Wildman–Crippen MR) is 122 cm³/mol. The number of nitrogens with one attached hydrogen (secondary N) is 1. The fraction of sp³-hybridized carbons (Fsp3) is 0.346. The van der Waals surface area contributed by atoms with Crippen LogP contribution in [0.5, 0.6) is 11.5 Å². The van der Waals surface area contributed by atoms with Crippen LogP contribution < -0.4 is 14.8 Å². The van der Waals surface area contributed by atoms with Crippen LogP contribution in [0.3, 0.4) is 0 Å². The molecule has 1 N–H and O–H groups in total. The summed E-state index contributed by atoms with van der Waals surface area (Å²) in [5, 5.41) is 2.87. The second-order valence-electron chi connectivity index (χ2n) is 8.81. The zero-order valence-electron chi connectivity index (χ0n) is 18.6. The van der Waals surface area contributed by atoms with Crippen LogP contribution >= 0.6 is 0 Å². The van der Waals surface area contributed by atoms with E-state index in [9.17, 15) is 14.4 Å². The second-order valence-corrected chi connectivity index (χ2v) is 8.81. The van der Waals surface area contributed by atoms with Crippen LogP contribution in [0.25, 0.3) is 0 Å². The Kier molecular flexibility index (Phi) is 5.40. The first-order valence-electron chi connectivity index (χ1n) is 11.1. The largest absolute Gasteiger partial charge is 0.497 e. The first kappa shape index (κ1) is 21.2. The van der Waals surface area contributed by atoms with E-state index in [-0.39, 0.29) is 41.9 Å². The van der Waals surface area contributed by atoms with E-state index in [0.717, 1.165) is 12.0 Å². The summed E-state index contributed by atoms with van der Waals surface area (Å²) >= 11 is 0. The number of carbonyl (C=O) groups is 3. The SMILES string of the molecule is COc1ccc(OC)c(NC(=O)[C@H](Cc2ccccc2)N2C(=O)[C@@H]3[C@@H](C2=O)[C@H]2C=C[C@@H]3C2)c1. The topological polar surface area (TPSA) is 84.9 Å². The molecule has 1 heterocycles. The number of allylic oxidation sites excluding steroid dienone is 2. The summed E-state index contributed by atoms with van der Waals surface area (Å²) in [6.07, 6.45) is 5.18. The fourth-order valence-corrected chi connectivity index (χ4v) is 5.50. The van der Waals surface area contributed by atoms with E-state index in [4.69, 9.17) is 9.47 Å². The van der Waals surface area contributed by atoms with Crippen molar-refractivity contribution < 1.29 is 23.9 Å². The van der Waals surface area contributed by atoms with Gasteiger partial charge in [-0.3, -0.25) is 19.3 Å². The molecule has 33 heavy (non-hydrogen) atoms. The minimum atomic E-state index is -0.965. The molecule has 0 spiro atoms. The van der Waals surface area contributed by atoms with Gasteiger partial charge in [-0.05, 0) is 36.0 Å². The van der Waals surface area contributed by atoms with E-state index in [2.05, 4.69) is 5.32 Å². The molecule has 2 aromatic carbocycles. The van der Waals surface area contributed by atoms with Crippen LogP contribution in [0.4, 0.5) is 5.69 Å². The van der Waals surface area contributed by atoms with Crippen molar-refractivity contribution in [3.8, 4) is 11.5 Å². The molecule has 3 aliphatic rings. The van der Waals surface area contributed by atoms with Crippen molar-refractivity contribution in [3.05, 3.63) is 66.2 Å². The van der Waals surface area contributed by atoms with E-state index in [1.807, 2.05) is 42.5 Å². The molecule has 3 amide bonds. The number of carbonyl (C=O) groups excluding carboxylic acids is 3. The standard InChI is InChI=1S/C26H26N2O5/c1-32-18-10-11-21(33-2)19(14-18)27-24(29)20(12-15-6-4-3-5-7-15)28-25(30)22-16-8-9-17(13-16)23(22)26(28)31/h3-11,14,16-17,20,22-23H,12-13H2,1-2H3,(H,27,29)/t16-,17+,20-,22-,23-/m0/s1. The first-order chi connectivity index (χ1) is 16.0. The third kappa shape index (κ3) is 3.57. The Morgan fingerprint density at radius 1 is 1.00 bits per heavy atom. The minimum Gasteiger partial charge on any atom is -0.497 e. The first-order valence-corrected chi connectivity index (χ1v) is 11.1. The summed E-state index contributed by atoms with van der Waals surface area (Å²) in [5.41, 5.74) is 1.29. The Hall–Kier alpha value is -3.61. The Morgan fingerprint density at radius 3 is 2.27 bits per heavy atom. The number of ether oxygens (including phenoxy) is 2. The molecule has 0 radical (unpaired) electrons. The molecule has 5 rings (SSSR count). The highest BCUT2D eigenvalue weighted by molar-refractivity contribution is 6.11. The molecule has 2 aliphatic carbocycles. The molecule has 1 aliphatic heterocycles. The number of nitrogens with zero attached hydrogens (tertiary/aromatic N) is 1. The van der Waals surface area contributed by atoms with Gasteiger partial charge < -0.3 is 14.8 Å². The van der Waals surface area contributed by atoms with E-state index < -0.39 is 11.9 Å². The van der Waals surface area contributed by atoms with Crippen molar-refractivity contribution >= 4 is 23.4 Å².